The summed E-state index contributed by atoms with van der Waals surface area (Å²) in [5.41, 5.74) is -0.116. The molecule has 0 amide bonds. The predicted molar refractivity (Wildman–Crippen MR) is 80.4 cm³/mol. The molecule has 3 rings (SSSR count). The second-order valence-electron chi connectivity index (χ2n) is 4.63. The fraction of sp³-hybridized carbons (Fsp3) is 0.133. The molecule has 5 heteroatoms. The molecule has 1 N–H and O–H groups in total. The van der Waals surface area contributed by atoms with E-state index in [1.54, 1.807) is 30.3 Å². The van der Waals surface area contributed by atoms with Crippen LogP contribution in [0.4, 0.5) is 0 Å². The average molecular weight is 328 g/mol. The fourth-order valence-corrected chi connectivity index (χ4v) is 3.11. The standard InChI is InChI=1S/C15H9Cl3O2/c16-15(17,18)14(20)12-8-4-3-6-10(12)9-5-1-2-7-11(9)13(14)19/h1-8,20H. The van der Waals surface area contributed by atoms with Crippen molar-refractivity contribution in [3.63, 3.8) is 0 Å². The number of hydrogen-bond acceptors (Lipinski definition) is 2. The number of halogens is 3. The second-order valence-corrected chi connectivity index (χ2v) is 6.91. The minimum atomic E-state index is -2.19. The smallest absolute Gasteiger partial charge is 0.230 e. The van der Waals surface area contributed by atoms with Gasteiger partial charge in [0.2, 0.25) is 15.2 Å². The van der Waals surface area contributed by atoms with E-state index in [4.69, 9.17) is 34.8 Å². The van der Waals surface area contributed by atoms with E-state index in [2.05, 4.69) is 0 Å². The Morgan fingerprint density at radius 1 is 0.850 bits per heavy atom. The highest BCUT2D eigenvalue weighted by molar-refractivity contribution is 6.69. The van der Waals surface area contributed by atoms with Crippen LogP contribution in [0, 0.1) is 0 Å². The van der Waals surface area contributed by atoms with E-state index in [0.717, 1.165) is 5.56 Å². The Balaban J connectivity index is 2.41. The van der Waals surface area contributed by atoms with E-state index >= 15 is 0 Å². The minimum absolute atomic E-state index is 0.309. The van der Waals surface area contributed by atoms with Gasteiger partial charge in [0.15, 0.2) is 0 Å². The first kappa shape index (κ1) is 13.9. The van der Waals surface area contributed by atoms with E-state index in [9.17, 15) is 9.90 Å². The van der Waals surface area contributed by atoms with Crippen molar-refractivity contribution in [2.75, 3.05) is 0 Å². The molecule has 1 aliphatic rings. The lowest BCUT2D eigenvalue weighted by Gasteiger charge is -2.38. The molecule has 20 heavy (non-hydrogen) atoms. The van der Waals surface area contributed by atoms with Gasteiger partial charge in [0, 0.05) is 11.1 Å². The van der Waals surface area contributed by atoms with Crippen molar-refractivity contribution in [1.82, 2.24) is 0 Å². The van der Waals surface area contributed by atoms with Crippen molar-refractivity contribution in [3.8, 4) is 11.1 Å². The van der Waals surface area contributed by atoms with Gasteiger partial charge in [-0.1, -0.05) is 83.3 Å². The number of hydrogen-bond donors (Lipinski definition) is 1. The predicted octanol–water partition coefficient (Wildman–Crippen LogP) is 4.11. The van der Waals surface area contributed by atoms with Crippen molar-refractivity contribution in [2.45, 2.75) is 9.39 Å². The Kier molecular flexibility index (Phi) is 3.11. The number of alkyl halides is 3. The van der Waals surface area contributed by atoms with Gasteiger partial charge in [0.05, 0.1) is 0 Å². The highest BCUT2D eigenvalue weighted by Crippen LogP contribution is 2.52. The van der Waals surface area contributed by atoms with Crippen LogP contribution in [0.25, 0.3) is 11.1 Å². The van der Waals surface area contributed by atoms with Gasteiger partial charge < -0.3 is 5.11 Å². The quantitative estimate of drug-likeness (QED) is 0.739. The van der Waals surface area contributed by atoms with Crippen LogP contribution < -0.4 is 0 Å². The number of ketones is 1. The van der Waals surface area contributed by atoms with Gasteiger partial charge in [-0.15, -0.1) is 0 Å². The molecule has 1 atom stereocenters. The lowest BCUT2D eigenvalue weighted by atomic mass is 9.75. The maximum absolute atomic E-state index is 12.6. The summed E-state index contributed by atoms with van der Waals surface area (Å²) in [4.78, 5) is 12.6. The van der Waals surface area contributed by atoms with Crippen LogP contribution in [0.2, 0.25) is 0 Å². The largest absolute Gasteiger partial charge is 0.373 e. The number of Topliss-reactive ketones (excluding diaryl/α,β-unsaturated/α-hetero) is 1. The van der Waals surface area contributed by atoms with E-state index in [1.807, 2.05) is 18.2 Å². The van der Waals surface area contributed by atoms with Crippen molar-refractivity contribution >= 4 is 40.6 Å². The highest BCUT2D eigenvalue weighted by Gasteiger charge is 2.57. The maximum atomic E-state index is 12.6. The van der Waals surface area contributed by atoms with Crippen LogP contribution in [-0.4, -0.2) is 14.7 Å². The van der Waals surface area contributed by atoms with Crippen LogP contribution >= 0.6 is 34.8 Å². The van der Waals surface area contributed by atoms with Crippen LogP contribution in [0.3, 0.4) is 0 Å². The van der Waals surface area contributed by atoms with E-state index in [0.29, 0.717) is 16.7 Å². The molecular weight excluding hydrogens is 319 g/mol. The Morgan fingerprint density at radius 2 is 1.35 bits per heavy atom. The van der Waals surface area contributed by atoms with Crippen molar-refractivity contribution in [1.29, 1.82) is 0 Å². The number of benzene rings is 2. The third kappa shape index (κ3) is 1.73. The Labute approximate surface area is 130 Å². The zero-order valence-corrected chi connectivity index (χ0v) is 12.4. The highest BCUT2D eigenvalue weighted by atomic mass is 35.6. The summed E-state index contributed by atoms with van der Waals surface area (Å²) in [5.74, 6) is -0.605. The number of carbonyl (C=O) groups is 1. The molecule has 0 fully saturated rings. The van der Waals surface area contributed by atoms with Gasteiger partial charge >= 0.3 is 0 Å². The third-order valence-corrected chi connectivity index (χ3v) is 4.34. The monoisotopic (exact) mass is 326 g/mol. The molecule has 0 saturated heterocycles. The molecular formula is C15H9Cl3O2. The lowest BCUT2D eigenvalue weighted by molar-refractivity contribution is 0.0312. The van der Waals surface area contributed by atoms with E-state index in [-0.39, 0.29) is 0 Å². The van der Waals surface area contributed by atoms with Crippen molar-refractivity contribution in [3.05, 3.63) is 59.7 Å². The number of aliphatic hydroxyl groups is 1. The lowest BCUT2D eigenvalue weighted by Crippen LogP contribution is -2.49. The Hall–Kier alpha value is -1.06. The molecule has 2 aromatic carbocycles. The Morgan fingerprint density at radius 3 is 1.95 bits per heavy atom. The SMILES string of the molecule is O=C1c2ccccc2-c2ccccc2C1(O)C(Cl)(Cl)Cl. The molecule has 1 aliphatic carbocycles. The average Bonchev–Trinajstić information content (AvgIpc) is 2.43. The third-order valence-electron chi connectivity index (χ3n) is 3.52. The molecule has 2 nitrogen and oxygen atoms in total. The second kappa shape index (κ2) is 4.47. The summed E-state index contributed by atoms with van der Waals surface area (Å²) in [6.07, 6.45) is 0. The molecule has 0 bridgehead atoms. The van der Waals surface area contributed by atoms with E-state index in [1.165, 1.54) is 0 Å². The molecule has 2 aromatic rings. The summed E-state index contributed by atoms with van der Waals surface area (Å²) < 4.78 is -2.16. The number of fused-ring (bicyclic) bond motifs is 3. The Bertz CT molecular complexity index is 706. The van der Waals surface area contributed by atoms with Gasteiger partial charge in [-0.05, 0) is 11.1 Å². The number of rotatable bonds is 0. The number of carbonyl (C=O) groups excluding carboxylic acids is 1. The first-order valence-corrected chi connectivity index (χ1v) is 7.03. The molecule has 0 aromatic heterocycles. The van der Waals surface area contributed by atoms with Crippen LogP contribution in [-0.2, 0) is 5.60 Å². The summed E-state index contributed by atoms with van der Waals surface area (Å²) >= 11 is 17.7. The summed E-state index contributed by atoms with van der Waals surface area (Å²) in [5, 5.41) is 10.8. The molecule has 102 valence electrons. The van der Waals surface area contributed by atoms with Crippen molar-refractivity contribution in [2.24, 2.45) is 0 Å². The molecule has 0 aliphatic heterocycles. The van der Waals surface area contributed by atoms with Crippen LogP contribution in [0.5, 0.6) is 0 Å². The summed E-state index contributed by atoms with van der Waals surface area (Å²) in [6, 6.07) is 13.9. The van der Waals surface area contributed by atoms with Gasteiger partial charge in [-0.2, -0.15) is 0 Å². The zero-order chi connectivity index (χ0) is 14.5. The van der Waals surface area contributed by atoms with Gasteiger partial charge in [0.25, 0.3) is 0 Å². The maximum Gasteiger partial charge on any atom is 0.230 e. The van der Waals surface area contributed by atoms with Gasteiger partial charge in [0.1, 0.15) is 0 Å². The van der Waals surface area contributed by atoms with Gasteiger partial charge in [-0.25, -0.2) is 0 Å². The zero-order valence-electron chi connectivity index (χ0n) is 10.1. The molecule has 0 saturated carbocycles. The molecule has 0 heterocycles. The molecule has 1 unspecified atom stereocenters. The van der Waals surface area contributed by atoms with E-state index < -0.39 is 15.2 Å². The van der Waals surface area contributed by atoms with Crippen molar-refractivity contribution < 1.29 is 9.90 Å². The van der Waals surface area contributed by atoms with Gasteiger partial charge in [-0.3, -0.25) is 4.79 Å². The summed E-state index contributed by atoms with van der Waals surface area (Å²) in [7, 11) is 0. The normalized spacial score (nSPS) is 21.3. The topological polar surface area (TPSA) is 37.3 Å². The minimum Gasteiger partial charge on any atom is -0.373 e. The van der Waals surface area contributed by atoms with Crippen LogP contribution in [0.1, 0.15) is 15.9 Å². The summed E-state index contributed by atoms with van der Waals surface area (Å²) in [6.45, 7) is 0. The molecule has 0 radical (unpaired) electrons. The molecule has 0 spiro atoms. The first-order valence-electron chi connectivity index (χ1n) is 5.90. The first-order chi connectivity index (χ1) is 9.37. The van der Waals surface area contributed by atoms with Crippen LogP contribution in [0.15, 0.2) is 48.5 Å². The fourth-order valence-electron chi connectivity index (χ4n) is 2.55.